The van der Waals surface area contributed by atoms with Crippen LogP contribution in [0.3, 0.4) is 0 Å². The highest BCUT2D eigenvalue weighted by Crippen LogP contribution is 2.22. The van der Waals surface area contributed by atoms with Crippen LogP contribution in [-0.2, 0) is 0 Å². The highest BCUT2D eigenvalue weighted by Gasteiger charge is 2.28. The maximum atomic E-state index is 12.4. The number of aliphatic hydroxyl groups is 1. The zero-order valence-electron chi connectivity index (χ0n) is 10.2. The minimum Gasteiger partial charge on any atom is -0.394 e. The van der Waals surface area contributed by atoms with Crippen LogP contribution in [0.25, 0.3) is 0 Å². The molecule has 1 unspecified atom stereocenters. The largest absolute Gasteiger partial charge is 0.394 e. The number of carbonyl (C=O) groups is 1. The lowest BCUT2D eigenvalue weighted by atomic mass is 10.0. The number of aromatic nitrogens is 1. The Balaban J connectivity index is 2.24. The summed E-state index contributed by atoms with van der Waals surface area (Å²) in [6, 6.07) is 1.56. The van der Waals surface area contributed by atoms with Crippen LogP contribution in [0.5, 0.6) is 0 Å². The number of aliphatic hydroxyl groups excluding tert-OH is 1. The molecule has 6 nitrogen and oxygen atoms in total. The fourth-order valence-corrected chi connectivity index (χ4v) is 2.30. The first-order valence-corrected chi connectivity index (χ1v) is 6.10. The van der Waals surface area contributed by atoms with Crippen molar-refractivity contribution in [2.24, 2.45) is 5.84 Å². The predicted molar refractivity (Wildman–Crippen MR) is 67.8 cm³/mol. The fraction of sp³-hybridized carbons (Fsp3) is 0.500. The number of nitrogens with zero attached hydrogens (tertiary/aromatic N) is 2. The highest BCUT2D eigenvalue weighted by molar-refractivity contribution is 5.99. The van der Waals surface area contributed by atoms with Crippen molar-refractivity contribution in [3.63, 3.8) is 0 Å². The molecule has 6 heteroatoms. The van der Waals surface area contributed by atoms with Crippen LogP contribution in [0.4, 0.5) is 5.69 Å². The van der Waals surface area contributed by atoms with Gasteiger partial charge in [0.05, 0.1) is 23.9 Å². The van der Waals surface area contributed by atoms with Gasteiger partial charge in [-0.2, -0.15) is 0 Å². The van der Waals surface area contributed by atoms with E-state index in [0.717, 1.165) is 19.3 Å². The van der Waals surface area contributed by atoms with E-state index in [0.29, 0.717) is 17.8 Å². The van der Waals surface area contributed by atoms with E-state index in [1.165, 1.54) is 6.20 Å². The average molecular weight is 250 g/mol. The third kappa shape index (κ3) is 2.44. The highest BCUT2D eigenvalue weighted by atomic mass is 16.3. The summed E-state index contributed by atoms with van der Waals surface area (Å²) >= 11 is 0. The van der Waals surface area contributed by atoms with Gasteiger partial charge in [-0.25, -0.2) is 0 Å². The standard InChI is InChI=1S/C12H18N4O2/c13-15-11-4-5-14-7-10(11)12(18)16-6-2-1-3-9(16)8-17/h4-5,7,9,17H,1-3,6,8,13H2,(H,14,15). The Morgan fingerprint density at radius 2 is 2.44 bits per heavy atom. The molecule has 0 radical (unpaired) electrons. The molecule has 1 aromatic heterocycles. The molecule has 18 heavy (non-hydrogen) atoms. The van der Waals surface area contributed by atoms with Crippen LogP contribution in [0.1, 0.15) is 29.6 Å². The second-order valence-electron chi connectivity index (χ2n) is 4.40. The van der Waals surface area contributed by atoms with Gasteiger partial charge in [-0.1, -0.05) is 0 Å². The number of nitrogen functional groups attached to an aromatic ring is 1. The Labute approximate surface area is 106 Å². The van der Waals surface area contributed by atoms with Crippen molar-refractivity contribution in [2.75, 3.05) is 18.6 Å². The van der Waals surface area contributed by atoms with Crippen molar-refractivity contribution in [1.82, 2.24) is 9.88 Å². The molecule has 0 bridgehead atoms. The van der Waals surface area contributed by atoms with E-state index in [9.17, 15) is 9.90 Å². The lowest BCUT2D eigenvalue weighted by Crippen LogP contribution is -2.45. The molecule has 2 rings (SSSR count). The Morgan fingerprint density at radius 1 is 1.61 bits per heavy atom. The molecule has 2 heterocycles. The average Bonchev–Trinajstić information content (AvgIpc) is 2.46. The molecule has 0 aliphatic carbocycles. The van der Waals surface area contributed by atoms with Crippen LogP contribution < -0.4 is 11.3 Å². The Hall–Kier alpha value is -1.66. The Bertz CT molecular complexity index is 424. The Morgan fingerprint density at radius 3 is 3.17 bits per heavy atom. The number of anilines is 1. The topological polar surface area (TPSA) is 91.5 Å². The molecule has 4 N–H and O–H groups in total. The number of rotatable bonds is 3. The van der Waals surface area contributed by atoms with Gasteiger partial charge in [-0.05, 0) is 25.3 Å². The summed E-state index contributed by atoms with van der Waals surface area (Å²) in [7, 11) is 0. The maximum absolute atomic E-state index is 12.4. The van der Waals surface area contributed by atoms with Gasteiger partial charge in [0.1, 0.15) is 0 Å². The van der Waals surface area contributed by atoms with Gasteiger partial charge in [0.25, 0.3) is 5.91 Å². The number of hydrogen-bond acceptors (Lipinski definition) is 5. The van der Waals surface area contributed by atoms with Gasteiger partial charge < -0.3 is 15.4 Å². The van der Waals surface area contributed by atoms with Crippen LogP contribution in [0.15, 0.2) is 18.5 Å². The van der Waals surface area contributed by atoms with E-state index >= 15 is 0 Å². The van der Waals surface area contributed by atoms with E-state index in [-0.39, 0.29) is 18.6 Å². The first-order chi connectivity index (χ1) is 8.77. The van der Waals surface area contributed by atoms with E-state index < -0.39 is 0 Å². The van der Waals surface area contributed by atoms with Gasteiger partial charge in [-0.3, -0.25) is 15.6 Å². The summed E-state index contributed by atoms with van der Waals surface area (Å²) in [6.45, 7) is 0.667. The van der Waals surface area contributed by atoms with Crippen molar-refractivity contribution < 1.29 is 9.90 Å². The van der Waals surface area contributed by atoms with E-state index in [1.807, 2.05) is 0 Å². The molecule has 1 fully saturated rings. The van der Waals surface area contributed by atoms with Crippen LogP contribution in [0.2, 0.25) is 0 Å². The Kier molecular flexibility index (Phi) is 4.11. The molecule has 1 amide bonds. The normalized spacial score (nSPS) is 19.7. The summed E-state index contributed by atoms with van der Waals surface area (Å²) in [5, 5.41) is 9.33. The lowest BCUT2D eigenvalue weighted by molar-refractivity contribution is 0.0503. The number of likely N-dealkylation sites (tertiary alicyclic amines) is 1. The smallest absolute Gasteiger partial charge is 0.257 e. The third-order valence-electron chi connectivity index (χ3n) is 3.31. The summed E-state index contributed by atoms with van der Waals surface area (Å²) in [5.41, 5.74) is 3.50. The van der Waals surface area contributed by atoms with Crippen LogP contribution in [0, 0.1) is 0 Å². The molecular formula is C12H18N4O2. The second-order valence-corrected chi connectivity index (χ2v) is 4.40. The van der Waals surface area contributed by atoms with Crippen molar-refractivity contribution >= 4 is 11.6 Å². The number of pyridine rings is 1. The molecule has 1 atom stereocenters. The molecule has 0 spiro atoms. The first-order valence-electron chi connectivity index (χ1n) is 6.10. The molecule has 98 valence electrons. The van der Waals surface area contributed by atoms with E-state index in [4.69, 9.17) is 5.84 Å². The summed E-state index contributed by atoms with van der Waals surface area (Å²) < 4.78 is 0. The number of carbonyl (C=O) groups excluding carboxylic acids is 1. The minimum atomic E-state index is -0.130. The molecule has 0 aromatic carbocycles. The number of nitrogens with one attached hydrogen (secondary N) is 1. The van der Waals surface area contributed by atoms with Gasteiger partial charge in [0.2, 0.25) is 0 Å². The number of hydrazine groups is 1. The lowest BCUT2D eigenvalue weighted by Gasteiger charge is -2.34. The number of piperidine rings is 1. The number of hydrogen-bond donors (Lipinski definition) is 3. The van der Waals surface area contributed by atoms with Gasteiger partial charge in [0, 0.05) is 18.9 Å². The summed E-state index contributed by atoms with van der Waals surface area (Å²) in [5.74, 6) is 5.26. The summed E-state index contributed by atoms with van der Waals surface area (Å²) in [4.78, 5) is 18.1. The molecule has 1 aromatic rings. The minimum absolute atomic E-state index is 0.00259. The van der Waals surface area contributed by atoms with Crippen molar-refractivity contribution in [3.8, 4) is 0 Å². The number of nitrogens with two attached hydrogens (primary N) is 1. The molecule has 1 saturated heterocycles. The first kappa shape index (κ1) is 12.8. The third-order valence-corrected chi connectivity index (χ3v) is 3.31. The van der Waals surface area contributed by atoms with E-state index in [2.05, 4.69) is 10.4 Å². The molecular weight excluding hydrogens is 232 g/mol. The molecule has 1 aliphatic rings. The van der Waals surface area contributed by atoms with Gasteiger partial charge >= 0.3 is 0 Å². The predicted octanol–water partition coefficient (Wildman–Crippen LogP) is 0.354. The van der Waals surface area contributed by atoms with Gasteiger partial charge in [-0.15, -0.1) is 0 Å². The van der Waals surface area contributed by atoms with Crippen molar-refractivity contribution in [2.45, 2.75) is 25.3 Å². The second kappa shape index (κ2) is 5.79. The fourth-order valence-electron chi connectivity index (χ4n) is 2.30. The maximum Gasteiger partial charge on any atom is 0.257 e. The molecule has 1 aliphatic heterocycles. The zero-order valence-corrected chi connectivity index (χ0v) is 10.2. The van der Waals surface area contributed by atoms with Crippen molar-refractivity contribution in [1.29, 1.82) is 0 Å². The van der Waals surface area contributed by atoms with Crippen LogP contribution >= 0.6 is 0 Å². The molecule has 0 saturated carbocycles. The monoisotopic (exact) mass is 250 g/mol. The van der Waals surface area contributed by atoms with Crippen LogP contribution in [-0.4, -0.2) is 40.1 Å². The number of amides is 1. The van der Waals surface area contributed by atoms with Gasteiger partial charge in [0.15, 0.2) is 0 Å². The van der Waals surface area contributed by atoms with Crippen molar-refractivity contribution in [3.05, 3.63) is 24.0 Å². The zero-order chi connectivity index (χ0) is 13.0. The van der Waals surface area contributed by atoms with E-state index in [1.54, 1.807) is 17.2 Å². The summed E-state index contributed by atoms with van der Waals surface area (Å²) in [6.07, 6.45) is 5.93. The SMILES string of the molecule is NNc1ccncc1C(=O)N1CCCCC1CO. The quantitative estimate of drug-likeness (QED) is 0.532.